The lowest BCUT2D eigenvalue weighted by molar-refractivity contribution is -0.117. The van der Waals surface area contributed by atoms with Crippen LogP contribution in [0.1, 0.15) is 0 Å². The van der Waals surface area contributed by atoms with Crippen molar-refractivity contribution in [3.05, 3.63) is 12.1 Å². The van der Waals surface area contributed by atoms with Crippen molar-refractivity contribution in [3.63, 3.8) is 0 Å². The van der Waals surface area contributed by atoms with Crippen LogP contribution in [0.3, 0.4) is 0 Å². The Balaban J connectivity index is 1.92. The predicted octanol–water partition coefficient (Wildman–Crippen LogP) is 0.735. The number of nitrogens with zero attached hydrogens (tertiary/aromatic N) is 2. The molecule has 0 radical (unpaired) electrons. The minimum absolute atomic E-state index is 0.0771. The number of amides is 1. The topological polar surface area (TPSA) is 54.0 Å². The summed E-state index contributed by atoms with van der Waals surface area (Å²) in [5.41, 5.74) is 1.78. The van der Waals surface area contributed by atoms with Crippen LogP contribution in [0.15, 0.2) is 12.1 Å². The zero-order valence-corrected chi connectivity index (χ0v) is 11.1. The molecule has 0 spiro atoms. The van der Waals surface area contributed by atoms with Crippen LogP contribution < -0.4 is 19.7 Å². The van der Waals surface area contributed by atoms with Gasteiger partial charge in [0.25, 0.3) is 0 Å². The van der Waals surface area contributed by atoms with E-state index in [9.17, 15) is 4.79 Å². The molecule has 102 valence electrons. The number of fused-ring (bicyclic) bond motifs is 2. The Morgan fingerprint density at radius 2 is 2.05 bits per heavy atom. The molecule has 0 bridgehead atoms. The lowest BCUT2D eigenvalue weighted by Gasteiger charge is -2.31. The first kappa shape index (κ1) is 12.1. The van der Waals surface area contributed by atoms with Gasteiger partial charge in [0.05, 0.1) is 17.9 Å². The van der Waals surface area contributed by atoms with Gasteiger partial charge in [0.2, 0.25) is 12.7 Å². The number of nitrogens with one attached hydrogen (secondary N) is 1. The van der Waals surface area contributed by atoms with E-state index < -0.39 is 0 Å². The molecule has 0 aliphatic carbocycles. The second-order valence-corrected chi connectivity index (χ2v) is 4.92. The molecular formula is C13H17N3O3. The van der Waals surface area contributed by atoms with Gasteiger partial charge < -0.3 is 24.6 Å². The second-order valence-electron chi connectivity index (χ2n) is 4.92. The quantitative estimate of drug-likeness (QED) is 0.871. The summed E-state index contributed by atoms with van der Waals surface area (Å²) in [7, 11) is 3.99. The van der Waals surface area contributed by atoms with Crippen molar-refractivity contribution < 1.29 is 14.3 Å². The predicted molar refractivity (Wildman–Crippen MR) is 72.0 cm³/mol. The van der Waals surface area contributed by atoms with Crippen LogP contribution >= 0.6 is 0 Å². The SMILES string of the molecule is CN(C)CCN1C(=O)CNc2cc3c(cc21)OCO3. The Morgan fingerprint density at radius 1 is 1.32 bits per heavy atom. The van der Waals surface area contributed by atoms with E-state index in [0.29, 0.717) is 18.8 Å². The largest absolute Gasteiger partial charge is 0.454 e. The summed E-state index contributed by atoms with van der Waals surface area (Å²) < 4.78 is 10.7. The Morgan fingerprint density at radius 3 is 2.79 bits per heavy atom. The van der Waals surface area contributed by atoms with Crippen LogP contribution in [0.25, 0.3) is 0 Å². The highest BCUT2D eigenvalue weighted by atomic mass is 16.7. The van der Waals surface area contributed by atoms with Crippen molar-refractivity contribution >= 4 is 17.3 Å². The summed E-state index contributed by atoms with van der Waals surface area (Å²) in [6.45, 7) is 2.05. The van der Waals surface area contributed by atoms with E-state index in [4.69, 9.17) is 9.47 Å². The molecule has 1 aromatic carbocycles. The van der Waals surface area contributed by atoms with E-state index in [1.54, 1.807) is 4.90 Å². The van der Waals surface area contributed by atoms with Gasteiger partial charge >= 0.3 is 0 Å². The van der Waals surface area contributed by atoms with E-state index in [-0.39, 0.29) is 12.7 Å². The molecule has 6 heteroatoms. The van der Waals surface area contributed by atoms with Gasteiger partial charge in [-0.1, -0.05) is 0 Å². The van der Waals surface area contributed by atoms with Crippen LogP contribution in [0, 0.1) is 0 Å². The maximum Gasteiger partial charge on any atom is 0.246 e. The summed E-state index contributed by atoms with van der Waals surface area (Å²) in [6.07, 6.45) is 0. The summed E-state index contributed by atoms with van der Waals surface area (Å²) >= 11 is 0. The Labute approximate surface area is 111 Å². The number of ether oxygens (including phenoxy) is 2. The highest BCUT2D eigenvalue weighted by Crippen LogP contribution is 2.42. The number of hydrogen-bond acceptors (Lipinski definition) is 5. The van der Waals surface area contributed by atoms with Crippen LogP contribution in [0.5, 0.6) is 11.5 Å². The van der Waals surface area contributed by atoms with Gasteiger partial charge in [-0.05, 0) is 14.1 Å². The van der Waals surface area contributed by atoms with Crippen LogP contribution in [0.4, 0.5) is 11.4 Å². The van der Waals surface area contributed by atoms with E-state index >= 15 is 0 Å². The standard InChI is InChI=1S/C13H17N3O3/c1-15(2)3-4-16-10-6-12-11(18-8-19-12)5-9(10)14-7-13(16)17/h5-6,14H,3-4,7-8H2,1-2H3. The molecule has 1 N–H and O–H groups in total. The molecule has 1 amide bonds. The molecule has 0 saturated heterocycles. The maximum absolute atomic E-state index is 12.0. The third-order valence-corrected chi connectivity index (χ3v) is 3.28. The fourth-order valence-electron chi connectivity index (χ4n) is 2.24. The Hall–Kier alpha value is -1.95. The third kappa shape index (κ3) is 2.19. The second kappa shape index (κ2) is 4.62. The van der Waals surface area contributed by atoms with Gasteiger partial charge in [0.1, 0.15) is 0 Å². The van der Waals surface area contributed by atoms with Crippen LogP contribution in [-0.4, -0.2) is 51.3 Å². The molecule has 2 heterocycles. The number of rotatable bonds is 3. The lowest BCUT2D eigenvalue weighted by Crippen LogP contribution is -2.43. The first-order valence-electron chi connectivity index (χ1n) is 6.28. The number of carbonyl (C=O) groups is 1. The zero-order chi connectivity index (χ0) is 13.4. The number of carbonyl (C=O) groups excluding carboxylic acids is 1. The zero-order valence-electron chi connectivity index (χ0n) is 11.1. The first-order chi connectivity index (χ1) is 9.15. The highest BCUT2D eigenvalue weighted by molar-refractivity contribution is 6.03. The lowest BCUT2D eigenvalue weighted by atomic mass is 10.1. The third-order valence-electron chi connectivity index (χ3n) is 3.28. The van der Waals surface area contributed by atoms with Gasteiger partial charge in [-0.3, -0.25) is 4.79 Å². The highest BCUT2D eigenvalue weighted by Gasteiger charge is 2.27. The minimum Gasteiger partial charge on any atom is -0.454 e. The fourth-order valence-corrected chi connectivity index (χ4v) is 2.24. The van der Waals surface area contributed by atoms with E-state index in [0.717, 1.165) is 23.7 Å². The van der Waals surface area contributed by atoms with Crippen molar-refractivity contribution in [1.82, 2.24) is 4.90 Å². The van der Waals surface area contributed by atoms with Crippen molar-refractivity contribution in [2.24, 2.45) is 0 Å². The van der Waals surface area contributed by atoms with Crippen molar-refractivity contribution in [2.45, 2.75) is 0 Å². The molecule has 2 aliphatic rings. The fraction of sp³-hybridized carbons (Fsp3) is 0.462. The normalized spacial score (nSPS) is 16.6. The first-order valence-corrected chi connectivity index (χ1v) is 6.28. The molecule has 0 aromatic heterocycles. The van der Waals surface area contributed by atoms with E-state index in [1.807, 2.05) is 26.2 Å². The molecule has 0 unspecified atom stereocenters. The number of benzene rings is 1. The smallest absolute Gasteiger partial charge is 0.246 e. The van der Waals surface area contributed by atoms with Crippen LogP contribution in [-0.2, 0) is 4.79 Å². The monoisotopic (exact) mass is 263 g/mol. The minimum atomic E-state index is 0.0771. The van der Waals surface area contributed by atoms with Gasteiger partial charge in [0, 0.05) is 25.2 Å². The van der Waals surface area contributed by atoms with Crippen LogP contribution in [0.2, 0.25) is 0 Å². The molecule has 19 heavy (non-hydrogen) atoms. The number of anilines is 2. The van der Waals surface area contributed by atoms with Crippen molar-refractivity contribution in [1.29, 1.82) is 0 Å². The molecule has 3 rings (SSSR count). The summed E-state index contributed by atoms with van der Waals surface area (Å²) in [5.74, 6) is 1.51. The summed E-state index contributed by atoms with van der Waals surface area (Å²) in [5, 5.41) is 3.12. The molecule has 0 atom stereocenters. The Kier molecular flexibility index (Phi) is 2.94. The van der Waals surface area contributed by atoms with Gasteiger partial charge in [-0.2, -0.15) is 0 Å². The molecular weight excluding hydrogens is 246 g/mol. The van der Waals surface area contributed by atoms with Crippen molar-refractivity contribution in [2.75, 3.05) is 50.7 Å². The summed E-state index contributed by atoms with van der Waals surface area (Å²) in [4.78, 5) is 15.9. The average Bonchev–Trinajstić information content (AvgIpc) is 2.82. The van der Waals surface area contributed by atoms with Gasteiger partial charge in [0.15, 0.2) is 11.5 Å². The average molecular weight is 263 g/mol. The number of hydrogen-bond donors (Lipinski definition) is 1. The van der Waals surface area contributed by atoms with Crippen molar-refractivity contribution in [3.8, 4) is 11.5 Å². The molecule has 0 saturated carbocycles. The maximum atomic E-state index is 12.0. The summed E-state index contributed by atoms with van der Waals surface area (Å²) in [6, 6.07) is 3.77. The molecule has 2 aliphatic heterocycles. The van der Waals surface area contributed by atoms with E-state index in [2.05, 4.69) is 10.2 Å². The van der Waals surface area contributed by atoms with Gasteiger partial charge in [-0.15, -0.1) is 0 Å². The Bertz CT molecular complexity index is 516. The molecule has 6 nitrogen and oxygen atoms in total. The number of likely N-dealkylation sites (N-methyl/N-ethyl adjacent to an activating group) is 1. The molecule has 1 aromatic rings. The molecule has 0 fully saturated rings. The van der Waals surface area contributed by atoms with E-state index in [1.165, 1.54) is 0 Å². The van der Waals surface area contributed by atoms with Gasteiger partial charge in [-0.25, -0.2) is 0 Å².